The molecular weight excluding hydrogens is 160 g/mol. The zero-order chi connectivity index (χ0) is 9.68. The molecule has 1 rings (SSSR count). The van der Waals surface area contributed by atoms with Crippen molar-refractivity contribution in [2.75, 3.05) is 0 Å². The molecular formula is C12H18O. The maximum Gasteiger partial charge on any atom is 0.0790 e. The number of aliphatic hydroxyl groups excluding tert-OH is 1. The van der Waals surface area contributed by atoms with E-state index in [2.05, 4.69) is 26.0 Å². The van der Waals surface area contributed by atoms with Crippen molar-refractivity contribution in [1.29, 1.82) is 0 Å². The summed E-state index contributed by atoms with van der Waals surface area (Å²) in [6, 6.07) is 8.10. The van der Waals surface area contributed by atoms with Crippen molar-refractivity contribution in [2.24, 2.45) is 0 Å². The van der Waals surface area contributed by atoms with Crippen LogP contribution in [0.1, 0.15) is 43.4 Å². The third-order valence-corrected chi connectivity index (χ3v) is 2.26. The molecule has 1 heteroatoms. The number of benzene rings is 1. The molecule has 0 heterocycles. The number of unbranched alkanes of at least 4 members (excludes halogenated alkanes) is 1. The van der Waals surface area contributed by atoms with E-state index in [4.69, 9.17) is 0 Å². The van der Waals surface area contributed by atoms with Gasteiger partial charge in [-0.25, -0.2) is 0 Å². The fourth-order valence-corrected chi connectivity index (χ4v) is 1.44. The number of hydrogen-bond donors (Lipinski definition) is 1. The minimum Gasteiger partial charge on any atom is -0.388 e. The molecule has 0 bridgehead atoms. The first-order valence-electron chi connectivity index (χ1n) is 4.98. The lowest BCUT2D eigenvalue weighted by molar-refractivity contribution is 0.164. The lowest BCUT2D eigenvalue weighted by Gasteiger charge is -2.10. The highest BCUT2D eigenvalue weighted by Gasteiger charge is 2.05. The summed E-state index contributed by atoms with van der Waals surface area (Å²) in [4.78, 5) is 0. The lowest BCUT2D eigenvalue weighted by Crippen LogP contribution is -1.97. The quantitative estimate of drug-likeness (QED) is 0.750. The molecule has 0 aromatic heterocycles. The summed E-state index contributed by atoms with van der Waals surface area (Å²) in [7, 11) is 0. The van der Waals surface area contributed by atoms with Gasteiger partial charge in [-0.2, -0.15) is 0 Å². The zero-order valence-corrected chi connectivity index (χ0v) is 8.46. The SMILES string of the molecule is CCCC[C@@H](O)c1cccc(C)c1. The van der Waals surface area contributed by atoms with E-state index >= 15 is 0 Å². The van der Waals surface area contributed by atoms with E-state index < -0.39 is 0 Å². The molecule has 1 aromatic rings. The summed E-state index contributed by atoms with van der Waals surface area (Å²) in [5.41, 5.74) is 2.27. The average molecular weight is 178 g/mol. The summed E-state index contributed by atoms with van der Waals surface area (Å²) >= 11 is 0. The van der Waals surface area contributed by atoms with Gasteiger partial charge in [-0.1, -0.05) is 49.6 Å². The molecule has 1 aromatic carbocycles. The summed E-state index contributed by atoms with van der Waals surface area (Å²) in [5, 5.41) is 9.78. The van der Waals surface area contributed by atoms with Gasteiger partial charge in [0.2, 0.25) is 0 Å². The van der Waals surface area contributed by atoms with Gasteiger partial charge in [-0.3, -0.25) is 0 Å². The smallest absolute Gasteiger partial charge is 0.0790 e. The number of aliphatic hydroxyl groups is 1. The van der Waals surface area contributed by atoms with Gasteiger partial charge in [0.1, 0.15) is 0 Å². The molecule has 0 amide bonds. The van der Waals surface area contributed by atoms with Crippen LogP contribution in [-0.4, -0.2) is 5.11 Å². The molecule has 0 fully saturated rings. The van der Waals surface area contributed by atoms with Crippen molar-refractivity contribution >= 4 is 0 Å². The standard InChI is InChI=1S/C12H18O/c1-3-4-8-12(13)11-7-5-6-10(2)9-11/h5-7,9,12-13H,3-4,8H2,1-2H3/t12-/m1/s1. The Hall–Kier alpha value is -0.820. The van der Waals surface area contributed by atoms with E-state index in [9.17, 15) is 5.11 Å². The first-order valence-corrected chi connectivity index (χ1v) is 4.98. The van der Waals surface area contributed by atoms with Crippen LogP contribution < -0.4 is 0 Å². The Morgan fingerprint density at radius 3 is 2.77 bits per heavy atom. The first kappa shape index (κ1) is 10.3. The van der Waals surface area contributed by atoms with Crippen LogP contribution in [0, 0.1) is 6.92 Å². The second kappa shape index (κ2) is 5.03. The normalized spacial score (nSPS) is 12.8. The molecule has 0 aliphatic heterocycles. The van der Waals surface area contributed by atoms with Crippen LogP contribution in [0.25, 0.3) is 0 Å². The summed E-state index contributed by atoms with van der Waals surface area (Å²) in [6.45, 7) is 4.19. The van der Waals surface area contributed by atoms with Gasteiger partial charge < -0.3 is 5.11 Å². The molecule has 0 spiro atoms. The molecule has 13 heavy (non-hydrogen) atoms. The van der Waals surface area contributed by atoms with Gasteiger partial charge in [0.05, 0.1) is 6.10 Å². The van der Waals surface area contributed by atoms with E-state index in [-0.39, 0.29) is 6.10 Å². The Morgan fingerprint density at radius 2 is 2.15 bits per heavy atom. The molecule has 0 aliphatic carbocycles. The average Bonchev–Trinajstić information content (AvgIpc) is 2.14. The van der Waals surface area contributed by atoms with Crippen LogP contribution in [0.4, 0.5) is 0 Å². The number of hydrogen-bond acceptors (Lipinski definition) is 1. The first-order chi connectivity index (χ1) is 6.24. The molecule has 1 nitrogen and oxygen atoms in total. The fraction of sp³-hybridized carbons (Fsp3) is 0.500. The Bertz CT molecular complexity index is 255. The Kier molecular flexibility index (Phi) is 3.97. The molecule has 0 aliphatic rings. The second-order valence-corrected chi connectivity index (χ2v) is 3.57. The van der Waals surface area contributed by atoms with E-state index in [1.54, 1.807) is 0 Å². The topological polar surface area (TPSA) is 20.2 Å². The summed E-state index contributed by atoms with van der Waals surface area (Å²) in [6.07, 6.45) is 2.83. The van der Waals surface area contributed by atoms with Crippen molar-refractivity contribution in [3.8, 4) is 0 Å². The van der Waals surface area contributed by atoms with Gasteiger partial charge in [0, 0.05) is 0 Å². The molecule has 0 unspecified atom stereocenters. The summed E-state index contributed by atoms with van der Waals surface area (Å²) < 4.78 is 0. The predicted molar refractivity (Wildman–Crippen MR) is 55.7 cm³/mol. The van der Waals surface area contributed by atoms with Gasteiger partial charge >= 0.3 is 0 Å². The van der Waals surface area contributed by atoms with E-state index in [0.717, 1.165) is 24.8 Å². The van der Waals surface area contributed by atoms with E-state index in [0.29, 0.717) is 0 Å². The van der Waals surface area contributed by atoms with Crippen LogP contribution in [0.3, 0.4) is 0 Å². The number of aryl methyl sites for hydroxylation is 1. The largest absolute Gasteiger partial charge is 0.388 e. The summed E-state index contributed by atoms with van der Waals surface area (Å²) in [5.74, 6) is 0. The maximum atomic E-state index is 9.78. The molecule has 0 saturated carbocycles. The Morgan fingerprint density at radius 1 is 1.38 bits per heavy atom. The van der Waals surface area contributed by atoms with Gasteiger partial charge in [0.25, 0.3) is 0 Å². The molecule has 1 N–H and O–H groups in total. The van der Waals surface area contributed by atoms with Gasteiger partial charge in [0.15, 0.2) is 0 Å². The van der Waals surface area contributed by atoms with Crippen LogP contribution in [0.5, 0.6) is 0 Å². The molecule has 0 saturated heterocycles. The molecule has 0 radical (unpaired) electrons. The second-order valence-electron chi connectivity index (χ2n) is 3.57. The van der Waals surface area contributed by atoms with Crippen LogP contribution in [-0.2, 0) is 0 Å². The fourth-order valence-electron chi connectivity index (χ4n) is 1.44. The van der Waals surface area contributed by atoms with Crippen LogP contribution in [0.2, 0.25) is 0 Å². The predicted octanol–water partition coefficient (Wildman–Crippen LogP) is 3.22. The van der Waals surface area contributed by atoms with E-state index in [1.165, 1.54) is 5.56 Å². The highest BCUT2D eigenvalue weighted by Crippen LogP contribution is 2.19. The van der Waals surface area contributed by atoms with Gasteiger partial charge in [-0.15, -0.1) is 0 Å². The van der Waals surface area contributed by atoms with Crippen LogP contribution >= 0.6 is 0 Å². The Labute approximate surface area is 80.4 Å². The Balaban J connectivity index is 2.60. The molecule has 72 valence electrons. The van der Waals surface area contributed by atoms with E-state index in [1.807, 2.05) is 12.1 Å². The minimum atomic E-state index is -0.278. The van der Waals surface area contributed by atoms with Crippen LogP contribution in [0.15, 0.2) is 24.3 Å². The lowest BCUT2D eigenvalue weighted by atomic mass is 10.0. The third kappa shape index (κ3) is 3.19. The van der Waals surface area contributed by atoms with Gasteiger partial charge in [-0.05, 0) is 18.9 Å². The van der Waals surface area contributed by atoms with Crippen molar-refractivity contribution in [1.82, 2.24) is 0 Å². The van der Waals surface area contributed by atoms with Crippen molar-refractivity contribution < 1.29 is 5.11 Å². The zero-order valence-electron chi connectivity index (χ0n) is 8.46. The number of rotatable bonds is 4. The third-order valence-electron chi connectivity index (χ3n) is 2.26. The van der Waals surface area contributed by atoms with Crippen molar-refractivity contribution in [3.63, 3.8) is 0 Å². The minimum absolute atomic E-state index is 0.278. The molecule has 1 atom stereocenters. The van der Waals surface area contributed by atoms with Crippen molar-refractivity contribution in [3.05, 3.63) is 35.4 Å². The monoisotopic (exact) mass is 178 g/mol. The highest BCUT2D eigenvalue weighted by molar-refractivity contribution is 5.23. The van der Waals surface area contributed by atoms with Crippen molar-refractivity contribution in [2.45, 2.75) is 39.2 Å². The highest BCUT2D eigenvalue weighted by atomic mass is 16.3. The maximum absolute atomic E-state index is 9.78.